The Morgan fingerprint density at radius 2 is 0.617 bits per heavy atom. The normalized spacial score (nSPS) is 24.1. The number of rotatable bonds is 12. The van der Waals surface area contributed by atoms with Gasteiger partial charge in [-0.05, 0) is 302 Å². The smallest absolute Gasteiger partial charge is 0.227 e. The Hall–Kier alpha value is -7.53. The summed E-state index contributed by atoms with van der Waals surface area (Å²) in [6.07, 6.45) is 7.44. The maximum atomic E-state index is 15.0. The predicted molar refractivity (Wildman–Crippen MR) is 498 cm³/mol. The Morgan fingerprint density at radius 1 is 0.367 bits per heavy atom. The number of likely N-dealkylation sites (N-methyl/N-ethyl adjacent to an activating group) is 2. The summed E-state index contributed by atoms with van der Waals surface area (Å²) in [4.78, 5) is 95.9. The van der Waals surface area contributed by atoms with Gasteiger partial charge in [0, 0.05) is 215 Å². The number of halogens is 9. The minimum Gasteiger partial charge on any atom is -0.351 e. The maximum absolute atomic E-state index is 15.0. The lowest BCUT2D eigenvalue weighted by Gasteiger charge is -2.44. The Morgan fingerprint density at radius 3 is 0.852 bits per heavy atom. The molecule has 9 aliphatic rings. The Balaban J connectivity index is 0.000000164. The van der Waals surface area contributed by atoms with Crippen molar-refractivity contribution in [1.82, 2.24) is 44.5 Å². The Labute approximate surface area is 771 Å². The molecule has 1 N–H and O–H groups in total. The average Bonchev–Trinajstić information content (AvgIpc) is 1.57. The summed E-state index contributed by atoms with van der Waals surface area (Å²) in [5.41, 5.74) is 9.57. The molecule has 696 valence electrons. The van der Waals surface area contributed by atoms with Gasteiger partial charge >= 0.3 is 0 Å². The van der Waals surface area contributed by atoms with Crippen LogP contribution in [-0.2, 0) is 45.0 Å². The summed E-state index contributed by atoms with van der Waals surface area (Å²) in [5.74, 6) is -5.31. The van der Waals surface area contributed by atoms with Gasteiger partial charge in [-0.1, -0.05) is 71.2 Å². The minimum absolute atomic E-state index is 0.0339. The van der Waals surface area contributed by atoms with Crippen molar-refractivity contribution in [2.45, 2.75) is 288 Å². The SMILES string of the molecule is CC(=O)N(C)C(C)(C)[C@@H]1CC2(CCN(C(=O)[C@@H]3CN(C(C)(C)C)C[C@H]3c3ccc(F)cc3F)CC2)c2cc(Cl)c(C)cc21.CC(=O)N(C)C(C)(C)[C@H]1CC2(CCN(C(=O)[C@@H]3CN(C(C)(C)C)C[C@H]3c3ccc(F)cc3F)CC2)c2cc(Cl)c(C)cc21.CC(=O)NC(C)(C)[C@H]1CC2(CCN(C(=O)[C@@H]3CN(C(C)(C)C)C[C@H]3c3ccc(F)cc3F)CC2)c2cc(Cl)c(C)cc21. The van der Waals surface area contributed by atoms with Crippen LogP contribution in [-0.4, -0.2) is 201 Å². The summed E-state index contributed by atoms with van der Waals surface area (Å²) in [7, 11) is 3.75. The average molecular weight is 1830 g/mol. The van der Waals surface area contributed by atoms with E-state index in [0.29, 0.717) is 95.2 Å². The first-order valence-corrected chi connectivity index (χ1v) is 47.2. The van der Waals surface area contributed by atoms with Gasteiger partial charge in [-0.2, -0.15) is 0 Å². The fourth-order valence-corrected chi connectivity index (χ4v) is 24.1. The number of piperidine rings is 3. The molecule has 0 aromatic heterocycles. The van der Waals surface area contributed by atoms with Crippen molar-refractivity contribution in [3.63, 3.8) is 0 Å². The van der Waals surface area contributed by atoms with Gasteiger partial charge in [0.2, 0.25) is 35.4 Å². The molecule has 0 unspecified atom stereocenters. The molecule has 6 aromatic carbocycles. The van der Waals surface area contributed by atoms with Gasteiger partial charge in [0.05, 0.1) is 17.8 Å². The van der Waals surface area contributed by atoms with E-state index in [-0.39, 0.29) is 104 Å². The van der Waals surface area contributed by atoms with E-state index in [1.54, 1.807) is 20.8 Å². The molecule has 0 bridgehead atoms. The number of nitrogens with zero attached hydrogens (tertiary/aromatic N) is 8. The highest BCUT2D eigenvalue weighted by Crippen LogP contribution is 2.61. The molecule has 128 heavy (non-hydrogen) atoms. The molecule has 0 saturated carbocycles. The van der Waals surface area contributed by atoms with Gasteiger partial charge < -0.3 is 29.8 Å². The highest BCUT2D eigenvalue weighted by atomic mass is 35.5. The third-order valence-corrected chi connectivity index (χ3v) is 33.5. The first-order valence-electron chi connectivity index (χ1n) is 46.1. The van der Waals surface area contributed by atoms with E-state index >= 15 is 8.78 Å². The first kappa shape index (κ1) is 98.0. The molecule has 6 amide bonds. The summed E-state index contributed by atoms with van der Waals surface area (Å²) >= 11 is 20.0. The van der Waals surface area contributed by atoms with Crippen LogP contribution < -0.4 is 5.32 Å². The number of aryl methyl sites for hydroxylation is 3. The van der Waals surface area contributed by atoms with Gasteiger partial charge in [-0.25, -0.2) is 26.3 Å². The fourth-order valence-electron chi connectivity index (χ4n) is 23.7. The van der Waals surface area contributed by atoms with Crippen molar-refractivity contribution >= 4 is 70.2 Å². The number of amides is 6. The lowest BCUT2D eigenvalue weighted by molar-refractivity contribution is -0.138. The molecule has 24 heteroatoms. The number of benzene rings is 6. The first-order chi connectivity index (χ1) is 59.4. The van der Waals surface area contributed by atoms with Crippen LogP contribution in [0.15, 0.2) is 91.0 Å². The molecule has 3 aliphatic carbocycles. The number of carbonyl (C=O) groups is 6. The van der Waals surface area contributed by atoms with Crippen molar-refractivity contribution in [3.05, 3.63) is 208 Å². The lowest BCUT2D eigenvalue weighted by atomic mass is 9.71. The number of likely N-dealkylation sites (tertiary alicyclic amines) is 6. The highest BCUT2D eigenvalue weighted by Gasteiger charge is 2.58. The van der Waals surface area contributed by atoms with Crippen LogP contribution in [0.5, 0.6) is 0 Å². The van der Waals surface area contributed by atoms with Crippen molar-refractivity contribution in [2.24, 2.45) is 17.8 Å². The summed E-state index contributed by atoms with van der Waals surface area (Å²) in [6.45, 7) is 49.4. The van der Waals surface area contributed by atoms with Crippen LogP contribution in [0.2, 0.25) is 15.1 Å². The zero-order valence-electron chi connectivity index (χ0n) is 79.6. The fraction of sp³-hybridized carbons (Fsp3) is 0.596. The topological polar surface area (TPSA) is 140 Å². The van der Waals surface area contributed by atoms with E-state index in [9.17, 15) is 46.3 Å². The molecule has 6 fully saturated rings. The second-order valence-electron chi connectivity index (χ2n) is 43.9. The Kier molecular flexibility index (Phi) is 27.6. The number of nitrogens with one attached hydrogen (secondary N) is 1. The number of hydrogen-bond donors (Lipinski definition) is 1. The van der Waals surface area contributed by atoms with Crippen LogP contribution >= 0.6 is 34.8 Å². The Bertz CT molecular complexity index is 5050. The van der Waals surface area contributed by atoms with Crippen LogP contribution in [0.1, 0.15) is 285 Å². The molecular formula is C104H136Cl3F6N9O6. The second kappa shape index (κ2) is 36.1. The monoisotopic (exact) mass is 1830 g/mol. The van der Waals surface area contributed by atoms with Crippen molar-refractivity contribution < 1.29 is 55.1 Å². The predicted octanol–water partition coefficient (Wildman–Crippen LogP) is 20.8. The van der Waals surface area contributed by atoms with Gasteiger partial charge in [0.15, 0.2) is 0 Å². The van der Waals surface area contributed by atoms with E-state index in [1.807, 2.05) is 59.4 Å². The maximum Gasteiger partial charge on any atom is 0.227 e. The van der Waals surface area contributed by atoms with E-state index in [1.165, 1.54) is 69.8 Å². The van der Waals surface area contributed by atoms with Crippen molar-refractivity contribution in [3.8, 4) is 0 Å². The minimum atomic E-state index is -0.613. The van der Waals surface area contributed by atoms with E-state index < -0.39 is 69.3 Å². The molecule has 3 spiro atoms. The molecule has 15 nitrogen and oxygen atoms in total. The van der Waals surface area contributed by atoms with E-state index in [0.717, 1.165) is 108 Å². The van der Waals surface area contributed by atoms with Crippen molar-refractivity contribution in [2.75, 3.05) is 92.6 Å². The molecule has 6 aliphatic heterocycles. The number of hydrogen-bond acceptors (Lipinski definition) is 9. The van der Waals surface area contributed by atoms with Crippen LogP contribution in [0, 0.1) is 73.4 Å². The summed E-state index contributed by atoms with van der Waals surface area (Å²) in [5, 5.41) is 5.40. The number of carbonyl (C=O) groups excluding carboxylic acids is 6. The third-order valence-electron chi connectivity index (χ3n) is 32.3. The van der Waals surface area contributed by atoms with E-state index in [2.05, 4.69) is 160 Å². The lowest BCUT2D eigenvalue weighted by Crippen LogP contribution is -2.50. The standard InChI is InChI=1S/2C35H46ClF2N3O2.C34H44ClF2N3O2/c2*1-21-15-25-28(17-30(21)36)35(18-29(25)34(6,7)39(8)22(2)42)11-13-40(14-12-35)32(43)27-20-41(33(3,4)5)19-26(27)24-10-9-23(37)16-31(24)38;1-20-14-24-27(16-29(20)35)34(17-28(24)33(6,7)38-21(2)41)10-12-39(13-11-34)31(42)26-19-40(32(3,4)5)18-25(26)23-9-8-22(36)15-30(23)37/h2*9-10,15-17,26-27,29H,11-14,18-20H2,1-8H3;8-9,14-16,25-26,28H,10-13,17-19H2,1-7H3,(H,38,41)/t26-,27+,29+;26-,27+,29-;25-,26+,28-/m000/s1. The van der Waals surface area contributed by atoms with Gasteiger partial charge in [-0.3, -0.25) is 43.5 Å². The second-order valence-corrected chi connectivity index (χ2v) is 45.1. The molecule has 6 saturated heterocycles. The number of fused-ring (bicyclic) bond motifs is 6. The van der Waals surface area contributed by atoms with Gasteiger partial charge in [0.1, 0.15) is 34.9 Å². The van der Waals surface area contributed by atoms with Gasteiger partial charge in [0.25, 0.3) is 0 Å². The highest BCUT2D eigenvalue weighted by molar-refractivity contribution is 6.32. The summed E-state index contributed by atoms with van der Waals surface area (Å²) < 4.78 is 86.4. The zero-order valence-corrected chi connectivity index (χ0v) is 81.9. The molecule has 15 rings (SSSR count). The quantitative estimate of drug-likeness (QED) is 0.119. The van der Waals surface area contributed by atoms with Crippen LogP contribution in [0.25, 0.3) is 0 Å². The van der Waals surface area contributed by atoms with E-state index in [4.69, 9.17) is 34.8 Å². The van der Waals surface area contributed by atoms with Crippen molar-refractivity contribution in [1.29, 1.82) is 0 Å². The molecule has 6 aromatic rings. The third kappa shape index (κ3) is 19.0. The largest absolute Gasteiger partial charge is 0.351 e. The summed E-state index contributed by atoms with van der Waals surface area (Å²) in [6, 6.07) is 24.1. The van der Waals surface area contributed by atoms with Gasteiger partial charge in [-0.15, -0.1) is 0 Å². The van der Waals surface area contributed by atoms with Crippen LogP contribution in [0.4, 0.5) is 26.3 Å². The molecular weight excluding hydrogens is 1690 g/mol. The molecule has 0 radical (unpaired) electrons. The molecule has 9 atom stereocenters. The molecule has 6 heterocycles. The van der Waals surface area contributed by atoms with Crippen LogP contribution in [0.3, 0.4) is 0 Å². The zero-order chi connectivity index (χ0) is 94.1.